The van der Waals surface area contributed by atoms with Crippen LogP contribution in [0.25, 0.3) is 0 Å². The number of unbranched alkanes of at least 4 members (excludes halogenated alkanes) is 6. The number of esters is 1. The molecule has 1 fully saturated rings. The van der Waals surface area contributed by atoms with E-state index >= 15 is 0 Å². The van der Waals surface area contributed by atoms with Crippen molar-refractivity contribution in [3.8, 4) is 0 Å². The predicted octanol–water partition coefficient (Wildman–Crippen LogP) is 2.56. The van der Waals surface area contributed by atoms with Crippen LogP contribution in [0.5, 0.6) is 0 Å². The molecule has 1 rings (SSSR count). The number of carbonyl (C=O) groups excluding carboxylic acids is 2. The third-order valence-electron chi connectivity index (χ3n) is 3.27. The smallest absolute Gasteiger partial charge is 0.328 e. The van der Waals surface area contributed by atoms with Crippen molar-refractivity contribution in [2.75, 3.05) is 6.61 Å². The van der Waals surface area contributed by atoms with Crippen LogP contribution in [0.4, 0.5) is 0 Å². The minimum Gasteiger partial charge on any atom is -0.464 e. The van der Waals surface area contributed by atoms with Crippen LogP contribution in [0.2, 0.25) is 0 Å². The highest BCUT2D eigenvalue weighted by Gasteiger charge is 2.28. The maximum atomic E-state index is 11.5. The summed E-state index contributed by atoms with van der Waals surface area (Å²) in [5.41, 5.74) is 0. The third kappa shape index (κ3) is 6.03. The Hall–Kier alpha value is -1.06. The molecule has 0 aromatic rings. The number of nitrogens with one attached hydrogen (secondary N) is 1. The van der Waals surface area contributed by atoms with E-state index in [0.29, 0.717) is 19.4 Å². The zero-order chi connectivity index (χ0) is 13.2. The van der Waals surface area contributed by atoms with Gasteiger partial charge >= 0.3 is 5.97 Å². The first-order chi connectivity index (χ1) is 8.74. The second-order valence-electron chi connectivity index (χ2n) is 4.95. The van der Waals surface area contributed by atoms with Gasteiger partial charge in [-0.25, -0.2) is 4.79 Å². The fraction of sp³-hybridized carbons (Fsp3) is 0.857. The minimum absolute atomic E-state index is 0.0483. The molecule has 4 heteroatoms. The molecule has 0 aromatic heterocycles. The third-order valence-corrected chi connectivity index (χ3v) is 3.27. The molecule has 1 atom stereocenters. The minimum atomic E-state index is -0.401. The maximum absolute atomic E-state index is 11.5. The Balaban J connectivity index is 1.91. The van der Waals surface area contributed by atoms with Crippen molar-refractivity contribution >= 4 is 11.9 Å². The largest absolute Gasteiger partial charge is 0.464 e. The van der Waals surface area contributed by atoms with Gasteiger partial charge in [0.15, 0.2) is 0 Å². The number of amides is 1. The lowest BCUT2D eigenvalue weighted by atomic mass is 10.1. The molecule has 4 nitrogen and oxygen atoms in total. The summed E-state index contributed by atoms with van der Waals surface area (Å²) in [4.78, 5) is 22.5. The van der Waals surface area contributed by atoms with Crippen LogP contribution in [0.1, 0.15) is 64.7 Å². The van der Waals surface area contributed by atoms with Crippen molar-refractivity contribution in [3.63, 3.8) is 0 Å². The SMILES string of the molecule is CCCCCCCCCOC(=O)C1CCC(=O)N1. The molecule has 1 saturated heterocycles. The Bertz CT molecular complexity index is 266. The van der Waals surface area contributed by atoms with Gasteiger partial charge in [-0.2, -0.15) is 0 Å². The Labute approximate surface area is 109 Å². The van der Waals surface area contributed by atoms with Gasteiger partial charge in [0, 0.05) is 6.42 Å². The van der Waals surface area contributed by atoms with Gasteiger partial charge in [-0.1, -0.05) is 45.4 Å². The standard InChI is InChI=1S/C14H25NO3/c1-2-3-4-5-6-7-8-11-18-14(17)12-9-10-13(16)15-12/h12H,2-11H2,1H3,(H,15,16). The molecular weight excluding hydrogens is 230 g/mol. The lowest BCUT2D eigenvalue weighted by Gasteiger charge is -2.09. The van der Waals surface area contributed by atoms with Gasteiger partial charge in [0.25, 0.3) is 0 Å². The molecule has 0 bridgehead atoms. The van der Waals surface area contributed by atoms with Crippen LogP contribution in [0.15, 0.2) is 0 Å². The summed E-state index contributed by atoms with van der Waals surface area (Å²) >= 11 is 0. The highest BCUT2D eigenvalue weighted by atomic mass is 16.5. The number of hydrogen-bond donors (Lipinski definition) is 1. The molecule has 1 aliphatic rings. The first-order valence-corrected chi connectivity index (χ1v) is 7.20. The van der Waals surface area contributed by atoms with Gasteiger partial charge in [-0.05, 0) is 12.8 Å². The van der Waals surface area contributed by atoms with Crippen LogP contribution in [-0.4, -0.2) is 24.5 Å². The van der Waals surface area contributed by atoms with Crippen molar-refractivity contribution in [1.82, 2.24) is 5.32 Å². The predicted molar refractivity (Wildman–Crippen MR) is 70.1 cm³/mol. The molecule has 0 aromatic carbocycles. The van der Waals surface area contributed by atoms with E-state index in [1.807, 2.05) is 0 Å². The maximum Gasteiger partial charge on any atom is 0.328 e. The Morgan fingerprint density at radius 1 is 1.22 bits per heavy atom. The monoisotopic (exact) mass is 255 g/mol. The fourth-order valence-electron chi connectivity index (χ4n) is 2.12. The summed E-state index contributed by atoms with van der Waals surface area (Å²) in [5.74, 6) is -0.320. The molecule has 1 aliphatic heterocycles. The number of rotatable bonds is 9. The Morgan fingerprint density at radius 3 is 2.50 bits per heavy atom. The summed E-state index contributed by atoms with van der Waals surface area (Å²) in [5, 5.41) is 2.62. The molecule has 104 valence electrons. The van der Waals surface area contributed by atoms with E-state index in [-0.39, 0.29) is 11.9 Å². The summed E-state index contributed by atoms with van der Waals surface area (Å²) in [6.45, 7) is 2.69. The summed E-state index contributed by atoms with van der Waals surface area (Å²) < 4.78 is 5.15. The highest BCUT2D eigenvalue weighted by Crippen LogP contribution is 2.10. The first-order valence-electron chi connectivity index (χ1n) is 7.20. The molecule has 1 N–H and O–H groups in total. The number of hydrogen-bond acceptors (Lipinski definition) is 3. The molecule has 0 saturated carbocycles. The van der Waals surface area contributed by atoms with E-state index in [4.69, 9.17) is 4.74 Å². The van der Waals surface area contributed by atoms with Crippen molar-refractivity contribution in [3.05, 3.63) is 0 Å². The Kier molecular flexibility index (Phi) is 7.46. The molecule has 1 heterocycles. The van der Waals surface area contributed by atoms with Crippen molar-refractivity contribution < 1.29 is 14.3 Å². The van der Waals surface area contributed by atoms with E-state index in [1.165, 1.54) is 32.1 Å². The fourth-order valence-corrected chi connectivity index (χ4v) is 2.12. The lowest BCUT2D eigenvalue weighted by molar-refractivity contribution is -0.146. The van der Waals surface area contributed by atoms with Gasteiger partial charge in [0.1, 0.15) is 6.04 Å². The molecule has 1 amide bonds. The van der Waals surface area contributed by atoms with Gasteiger partial charge in [0.2, 0.25) is 5.91 Å². The molecule has 0 spiro atoms. The van der Waals surface area contributed by atoms with E-state index in [2.05, 4.69) is 12.2 Å². The average Bonchev–Trinajstić information content (AvgIpc) is 2.79. The van der Waals surface area contributed by atoms with Gasteiger partial charge in [-0.3, -0.25) is 4.79 Å². The van der Waals surface area contributed by atoms with Crippen LogP contribution in [0.3, 0.4) is 0 Å². The quantitative estimate of drug-likeness (QED) is 0.509. The zero-order valence-electron chi connectivity index (χ0n) is 11.4. The van der Waals surface area contributed by atoms with Crippen molar-refractivity contribution in [2.45, 2.75) is 70.8 Å². The van der Waals surface area contributed by atoms with E-state index in [9.17, 15) is 9.59 Å². The van der Waals surface area contributed by atoms with Crippen molar-refractivity contribution in [1.29, 1.82) is 0 Å². The lowest BCUT2D eigenvalue weighted by Crippen LogP contribution is -2.34. The van der Waals surface area contributed by atoms with Crippen LogP contribution in [0, 0.1) is 0 Å². The second kappa shape index (κ2) is 8.95. The van der Waals surface area contributed by atoms with Crippen molar-refractivity contribution in [2.24, 2.45) is 0 Å². The topological polar surface area (TPSA) is 55.4 Å². The number of ether oxygens (including phenoxy) is 1. The first kappa shape index (κ1) is 15.0. The summed E-state index contributed by atoms with van der Waals surface area (Å²) in [6, 6.07) is -0.401. The second-order valence-corrected chi connectivity index (χ2v) is 4.95. The average molecular weight is 255 g/mol. The number of carbonyl (C=O) groups is 2. The van der Waals surface area contributed by atoms with Crippen LogP contribution < -0.4 is 5.32 Å². The van der Waals surface area contributed by atoms with Gasteiger partial charge in [0.05, 0.1) is 6.61 Å². The van der Waals surface area contributed by atoms with E-state index < -0.39 is 6.04 Å². The van der Waals surface area contributed by atoms with Crippen LogP contribution >= 0.6 is 0 Å². The van der Waals surface area contributed by atoms with Gasteiger partial charge < -0.3 is 10.1 Å². The molecule has 0 radical (unpaired) electrons. The van der Waals surface area contributed by atoms with E-state index in [0.717, 1.165) is 12.8 Å². The molecule has 1 unspecified atom stereocenters. The normalized spacial score (nSPS) is 18.7. The highest BCUT2D eigenvalue weighted by molar-refractivity contribution is 5.87. The summed E-state index contributed by atoms with van der Waals surface area (Å²) in [6.07, 6.45) is 9.46. The summed E-state index contributed by atoms with van der Waals surface area (Å²) in [7, 11) is 0. The molecular formula is C14H25NO3. The van der Waals surface area contributed by atoms with Gasteiger partial charge in [-0.15, -0.1) is 0 Å². The molecule has 18 heavy (non-hydrogen) atoms. The van der Waals surface area contributed by atoms with E-state index in [1.54, 1.807) is 0 Å². The van der Waals surface area contributed by atoms with Crippen LogP contribution in [-0.2, 0) is 14.3 Å². The zero-order valence-corrected chi connectivity index (χ0v) is 11.4. The Morgan fingerprint density at radius 2 is 1.89 bits per heavy atom. The molecule has 0 aliphatic carbocycles.